The van der Waals surface area contributed by atoms with Crippen LogP contribution >= 0.6 is 0 Å². The number of rotatable bonds is 7. The fourth-order valence-electron chi connectivity index (χ4n) is 3.52. The molecule has 1 aliphatic rings. The third kappa shape index (κ3) is 10.1. The Bertz CT molecular complexity index is 847. The lowest BCUT2D eigenvalue weighted by atomic mass is 10.1. The summed E-state index contributed by atoms with van der Waals surface area (Å²) in [5.41, 5.74) is -0.268. The molecule has 1 saturated heterocycles. The fraction of sp³-hybridized carbons (Fsp3) is 0.654. The number of ether oxygens (including phenoxy) is 3. The molecule has 0 spiro atoms. The van der Waals surface area contributed by atoms with E-state index in [9.17, 15) is 14.4 Å². The summed E-state index contributed by atoms with van der Waals surface area (Å²) in [6, 6.07) is 9.13. The lowest BCUT2D eigenvalue weighted by Gasteiger charge is -2.41. The van der Waals surface area contributed by atoms with Crippen molar-refractivity contribution in [2.45, 2.75) is 72.3 Å². The maximum Gasteiger partial charge on any atom is 0.410 e. The number of hydrogen-bond donors (Lipinski definition) is 1. The van der Waals surface area contributed by atoms with Crippen LogP contribution in [0.25, 0.3) is 0 Å². The van der Waals surface area contributed by atoms with Gasteiger partial charge in [-0.3, -0.25) is 4.79 Å². The summed E-state index contributed by atoms with van der Waals surface area (Å²) >= 11 is 0. The minimum atomic E-state index is -0.612. The van der Waals surface area contributed by atoms with Crippen molar-refractivity contribution >= 4 is 18.2 Å². The van der Waals surface area contributed by atoms with Gasteiger partial charge >= 0.3 is 18.2 Å². The normalized spacial score (nSPS) is 17.5. The molecular formula is C26H41N3O6. The third-order valence-corrected chi connectivity index (χ3v) is 5.21. The van der Waals surface area contributed by atoms with Crippen molar-refractivity contribution in [3.8, 4) is 0 Å². The van der Waals surface area contributed by atoms with E-state index in [4.69, 9.17) is 14.2 Å². The number of amides is 2. The minimum absolute atomic E-state index is 0.168. The summed E-state index contributed by atoms with van der Waals surface area (Å²) in [5.74, 6) is -0.651. The van der Waals surface area contributed by atoms with Crippen molar-refractivity contribution in [3.63, 3.8) is 0 Å². The number of nitrogens with one attached hydrogen (secondary N) is 1. The second-order valence-corrected chi connectivity index (χ2v) is 10.9. The zero-order valence-electron chi connectivity index (χ0n) is 22.1. The molecule has 0 aliphatic carbocycles. The van der Waals surface area contributed by atoms with Crippen molar-refractivity contribution in [3.05, 3.63) is 35.9 Å². The molecule has 196 valence electrons. The molecule has 2 atom stereocenters. The summed E-state index contributed by atoms with van der Waals surface area (Å²) in [6.07, 6.45) is -0.855. The highest BCUT2D eigenvalue weighted by atomic mass is 16.6. The van der Waals surface area contributed by atoms with Gasteiger partial charge < -0.3 is 29.3 Å². The van der Waals surface area contributed by atoms with E-state index in [2.05, 4.69) is 5.32 Å². The van der Waals surface area contributed by atoms with Crippen molar-refractivity contribution in [1.29, 1.82) is 0 Å². The molecule has 9 heteroatoms. The Balaban J connectivity index is 2.00. The van der Waals surface area contributed by atoms with Gasteiger partial charge in [0.1, 0.15) is 17.8 Å². The number of benzene rings is 1. The SMILES string of the molecule is C[C@H](CNC[C@@H]1CN(C(=O)OC(C)(C)C)CCN1C(=O)OCc1ccccc1)C(=O)OC(C)(C)C. The number of nitrogens with zero attached hydrogens (tertiary/aromatic N) is 2. The van der Waals surface area contributed by atoms with Gasteiger partial charge in [0.15, 0.2) is 0 Å². The number of piperazine rings is 1. The van der Waals surface area contributed by atoms with E-state index in [0.29, 0.717) is 32.7 Å². The number of carbonyl (C=O) groups excluding carboxylic acids is 3. The number of esters is 1. The molecule has 1 heterocycles. The molecule has 1 aromatic carbocycles. The van der Waals surface area contributed by atoms with Gasteiger partial charge in [0.25, 0.3) is 0 Å². The molecule has 35 heavy (non-hydrogen) atoms. The maximum absolute atomic E-state index is 12.9. The molecule has 1 aromatic rings. The zero-order valence-corrected chi connectivity index (χ0v) is 22.1. The van der Waals surface area contributed by atoms with Crippen LogP contribution in [0.15, 0.2) is 30.3 Å². The molecule has 0 unspecified atom stereocenters. The Morgan fingerprint density at radius 1 is 0.971 bits per heavy atom. The molecule has 1 aliphatic heterocycles. The van der Waals surface area contributed by atoms with Crippen LogP contribution in [0.3, 0.4) is 0 Å². The van der Waals surface area contributed by atoms with E-state index >= 15 is 0 Å². The third-order valence-electron chi connectivity index (χ3n) is 5.21. The maximum atomic E-state index is 12.9. The average Bonchev–Trinajstić information content (AvgIpc) is 2.75. The largest absolute Gasteiger partial charge is 0.460 e. The smallest absolute Gasteiger partial charge is 0.410 e. The van der Waals surface area contributed by atoms with Gasteiger partial charge in [-0.2, -0.15) is 0 Å². The van der Waals surface area contributed by atoms with Gasteiger partial charge in [-0.15, -0.1) is 0 Å². The highest BCUT2D eigenvalue weighted by Gasteiger charge is 2.35. The van der Waals surface area contributed by atoms with Crippen LogP contribution in [0, 0.1) is 5.92 Å². The molecule has 0 saturated carbocycles. The Kier molecular flexibility index (Phi) is 9.94. The summed E-state index contributed by atoms with van der Waals surface area (Å²) in [4.78, 5) is 41.1. The molecular weight excluding hydrogens is 450 g/mol. The molecule has 2 rings (SSSR count). The summed E-state index contributed by atoms with van der Waals surface area (Å²) in [5, 5.41) is 3.26. The highest BCUT2D eigenvalue weighted by molar-refractivity contribution is 5.73. The van der Waals surface area contributed by atoms with E-state index in [0.717, 1.165) is 5.56 Å². The van der Waals surface area contributed by atoms with Crippen LogP contribution in [-0.4, -0.2) is 77.9 Å². The summed E-state index contributed by atoms with van der Waals surface area (Å²) in [6.45, 7) is 14.6. The van der Waals surface area contributed by atoms with E-state index < -0.39 is 23.4 Å². The van der Waals surface area contributed by atoms with Gasteiger partial charge in [-0.05, 0) is 47.1 Å². The van der Waals surface area contributed by atoms with Crippen LogP contribution in [0.1, 0.15) is 54.0 Å². The monoisotopic (exact) mass is 491 g/mol. The average molecular weight is 492 g/mol. The first-order chi connectivity index (χ1) is 16.2. The summed E-state index contributed by atoms with van der Waals surface area (Å²) < 4.78 is 16.5. The topological polar surface area (TPSA) is 97.4 Å². The van der Waals surface area contributed by atoms with Crippen LogP contribution < -0.4 is 5.32 Å². The lowest BCUT2D eigenvalue weighted by Crippen LogP contribution is -2.60. The van der Waals surface area contributed by atoms with Crippen molar-refractivity contribution in [2.24, 2.45) is 5.92 Å². The van der Waals surface area contributed by atoms with Crippen LogP contribution in [0.2, 0.25) is 0 Å². The highest BCUT2D eigenvalue weighted by Crippen LogP contribution is 2.17. The predicted octanol–water partition coefficient (Wildman–Crippen LogP) is 3.81. The molecule has 9 nitrogen and oxygen atoms in total. The van der Waals surface area contributed by atoms with Crippen molar-refractivity contribution in [2.75, 3.05) is 32.7 Å². The first-order valence-electron chi connectivity index (χ1n) is 12.1. The Morgan fingerprint density at radius 3 is 2.20 bits per heavy atom. The molecule has 0 aromatic heterocycles. The van der Waals surface area contributed by atoms with E-state index in [-0.39, 0.29) is 24.5 Å². The standard InChI is InChI=1S/C26H41N3O6/c1-19(22(30)34-25(2,3)4)15-27-16-21-17-28(23(31)35-26(5,6)7)13-14-29(21)24(32)33-18-20-11-9-8-10-12-20/h8-12,19,21,27H,13-18H2,1-7H3/t19-,21-/m1/s1. The van der Waals surface area contributed by atoms with Crippen LogP contribution in [-0.2, 0) is 25.6 Å². The van der Waals surface area contributed by atoms with Crippen LogP contribution in [0.4, 0.5) is 9.59 Å². The number of carbonyl (C=O) groups is 3. The molecule has 0 bridgehead atoms. The van der Waals surface area contributed by atoms with Crippen molar-refractivity contribution in [1.82, 2.24) is 15.1 Å². The van der Waals surface area contributed by atoms with Gasteiger partial charge in [-0.25, -0.2) is 9.59 Å². The van der Waals surface area contributed by atoms with Gasteiger partial charge in [0.05, 0.1) is 12.0 Å². The first kappa shape index (κ1) is 28.4. The summed E-state index contributed by atoms with van der Waals surface area (Å²) in [7, 11) is 0. The second-order valence-electron chi connectivity index (χ2n) is 10.9. The predicted molar refractivity (Wildman–Crippen MR) is 133 cm³/mol. The fourth-order valence-corrected chi connectivity index (χ4v) is 3.52. The van der Waals surface area contributed by atoms with E-state index in [1.54, 1.807) is 16.7 Å². The van der Waals surface area contributed by atoms with E-state index in [1.165, 1.54) is 0 Å². The Labute approximate surface area is 209 Å². The minimum Gasteiger partial charge on any atom is -0.460 e. The Morgan fingerprint density at radius 2 is 1.60 bits per heavy atom. The zero-order chi connectivity index (χ0) is 26.2. The first-order valence-corrected chi connectivity index (χ1v) is 12.1. The molecule has 1 N–H and O–H groups in total. The molecule has 2 amide bonds. The number of hydrogen-bond acceptors (Lipinski definition) is 7. The van der Waals surface area contributed by atoms with E-state index in [1.807, 2.05) is 71.9 Å². The second kappa shape index (κ2) is 12.2. The molecule has 1 fully saturated rings. The van der Waals surface area contributed by atoms with Gasteiger partial charge in [-0.1, -0.05) is 37.3 Å². The van der Waals surface area contributed by atoms with Gasteiger partial charge in [0.2, 0.25) is 0 Å². The van der Waals surface area contributed by atoms with Crippen LogP contribution in [0.5, 0.6) is 0 Å². The van der Waals surface area contributed by atoms with Crippen molar-refractivity contribution < 1.29 is 28.6 Å². The lowest BCUT2D eigenvalue weighted by molar-refractivity contribution is -0.159. The quantitative estimate of drug-likeness (QED) is 0.457. The Hall–Kier alpha value is -2.81. The molecule has 0 radical (unpaired) electrons. The van der Waals surface area contributed by atoms with Gasteiger partial charge in [0, 0.05) is 32.7 Å².